The summed E-state index contributed by atoms with van der Waals surface area (Å²) in [7, 11) is 0. The summed E-state index contributed by atoms with van der Waals surface area (Å²) in [5.41, 5.74) is 2.86. The van der Waals surface area contributed by atoms with E-state index in [1.807, 2.05) is 34.9 Å². The van der Waals surface area contributed by atoms with Crippen LogP contribution in [0.4, 0.5) is 0 Å². The van der Waals surface area contributed by atoms with Crippen LogP contribution < -0.4 is 4.74 Å². The molecule has 172 valence electrons. The van der Waals surface area contributed by atoms with E-state index in [1.54, 1.807) is 11.6 Å². The lowest BCUT2D eigenvalue weighted by molar-refractivity contribution is 0.0297. The third kappa shape index (κ3) is 4.81. The highest BCUT2D eigenvalue weighted by Gasteiger charge is 2.36. The Hall–Kier alpha value is -2.45. The normalized spacial score (nSPS) is 19.6. The van der Waals surface area contributed by atoms with E-state index in [0.717, 1.165) is 37.8 Å². The molecule has 4 heterocycles. The topological polar surface area (TPSA) is 83.0 Å². The number of benzene rings is 1. The summed E-state index contributed by atoms with van der Waals surface area (Å²) in [6.45, 7) is 4.66. The van der Waals surface area contributed by atoms with Crippen molar-refractivity contribution < 1.29 is 19.4 Å². The molecule has 8 heteroatoms. The molecule has 0 unspecified atom stereocenters. The lowest BCUT2D eigenvalue weighted by Gasteiger charge is -2.41. The van der Waals surface area contributed by atoms with Gasteiger partial charge in [0.05, 0.1) is 23.3 Å². The average Bonchev–Trinajstić information content (AvgIpc) is 3.25. The third-order valence-electron chi connectivity index (χ3n) is 6.80. The summed E-state index contributed by atoms with van der Waals surface area (Å²) in [6, 6.07) is 7.32. The maximum absolute atomic E-state index is 13.2. The quantitative estimate of drug-likeness (QED) is 0.748. The second kappa shape index (κ2) is 10.0. The highest BCUT2D eigenvalue weighted by Crippen LogP contribution is 2.37. The molecule has 3 aliphatic heterocycles. The molecule has 2 bridgehead atoms. The van der Waals surface area contributed by atoms with Crippen molar-refractivity contribution in [2.75, 3.05) is 39.4 Å². The molecule has 5 rings (SSSR count). The zero-order valence-electron chi connectivity index (χ0n) is 18.6. The number of amides is 2. The first kappa shape index (κ1) is 22.7. The first-order valence-corrected chi connectivity index (χ1v) is 12.2. The van der Waals surface area contributed by atoms with Gasteiger partial charge in [0.2, 0.25) is 0 Å². The number of nitrogens with zero attached hydrogens (tertiary/aromatic N) is 3. The van der Waals surface area contributed by atoms with Crippen LogP contribution in [0, 0.1) is 12.3 Å². The Bertz CT molecular complexity index is 952. The Labute approximate surface area is 193 Å². The van der Waals surface area contributed by atoms with Gasteiger partial charge in [-0.2, -0.15) is 0 Å². The van der Waals surface area contributed by atoms with Crippen LogP contribution in [-0.2, 0) is 0 Å². The standard InChI is InChI=1S/C24H31N3O4S/c1-18-21(32-17-25-18)23(30)26-11-5-4-8-24(16-28)9-12-27(13-10-24)22(29)19-6-2-3-7-20(19)31-15-14-26/h2-3,6-7,17,28H,4-5,8-16H2,1H3. The number of carbonyl (C=O) groups is 2. The number of carbonyl (C=O) groups excluding carboxylic acids is 2. The lowest BCUT2D eigenvalue weighted by atomic mass is 9.75. The number of aliphatic hydroxyl groups excluding tert-OH is 1. The van der Waals surface area contributed by atoms with Crippen LogP contribution in [0.15, 0.2) is 29.8 Å². The third-order valence-corrected chi connectivity index (χ3v) is 7.71. The summed E-state index contributed by atoms with van der Waals surface area (Å²) < 4.78 is 6.02. The summed E-state index contributed by atoms with van der Waals surface area (Å²) in [5.74, 6) is 0.495. The van der Waals surface area contributed by atoms with Crippen molar-refractivity contribution in [2.45, 2.75) is 39.0 Å². The fourth-order valence-electron chi connectivity index (χ4n) is 4.64. The Balaban J connectivity index is 1.58. The minimum absolute atomic E-state index is 0.0220. The van der Waals surface area contributed by atoms with Crippen LogP contribution in [-0.4, -0.2) is 71.1 Å². The number of hydrogen-bond acceptors (Lipinski definition) is 6. The van der Waals surface area contributed by atoms with Crippen LogP contribution in [0.25, 0.3) is 0 Å². The predicted molar refractivity (Wildman–Crippen MR) is 123 cm³/mol. The number of aliphatic hydroxyl groups is 1. The highest BCUT2D eigenvalue weighted by molar-refractivity contribution is 7.11. The SMILES string of the molecule is Cc1ncsc1C(=O)N1CCCCC2(CO)CCN(CC2)C(=O)c2ccccc2OCC1. The Morgan fingerprint density at radius 2 is 1.94 bits per heavy atom. The van der Waals surface area contributed by atoms with Crippen LogP contribution in [0.1, 0.15) is 57.8 Å². The molecule has 0 spiro atoms. The number of thiazole rings is 1. The number of para-hydroxylation sites is 1. The summed E-state index contributed by atoms with van der Waals surface area (Å²) in [5, 5.41) is 10.1. The van der Waals surface area contributed by atoms with Crippen molar-refractivity contribution in [3.8, 4) is 5.75 Å². The van der Waals surface area contributed by atoms with Crippen LogP contribution >= 0.6 is 11.3 Å². The van der Waals surface area contributed by atoms with Crippen molar-refractivity contribution in [1.29, 1.82) is 0 Å². The molecule has 1 N–H and O–H groups in total. The molecule has 0 aliphatic carbocycles. The zero-order chi connectivity index (χ0) is 22.6. The van der Waals surface area contributed by atoms with E-state index in [2.05, 4.69) is 4.98 Å². The number of aromatic nitrogens is 1. The van der Waals surface area contributed by atoms with Gasteiger partial charge in [-0.05, 0) is 50.2 Å². The summed E-state index contributed by atoms with van der Waals surface area (Å²) in [6.07, 6.45) is 4.29. The van der Waals surface area contributed by atoms with Crippen LogP contribution in [0.5, 0.6) is 5.75 Å². The first-order valence-electron chi connectivity index (χ1n) is 11.3. The second-order valence-electron chi connectivity index (χ2n) is 8.81. The molecule has 0 atom stereocenters. The van der Waals surface area contributed by atoms with Gasteiger partial charge in [-0.1, -0.05) is 18.6 Å². The first-order chi connectivity index (χ1) is 15.5. The van der Waals surface area contributed by atoms with E-state index in [4.69, 9.17) is 4.74 Å². The number of hydrogen-bond donors (Lipinski definition) is 1. The molecule has 7 nitrogen and oxygen atoms in total. The van der Waals surface area contributed by atoms with Gasteiger partial charge in [0.1, 0.15) is 17.2 Å². The van der Waals surface area contributed by atoms with Gasteiger partial charge < -0.3 is 19.6 Å². The minimum atomic E-state index is -0.143. The van der Waals surface area contributed by atoms with Crippen molar-refractivity contribution >= 4 is 23.2 Å². The van der Waals surface area contributed by atoms with Crippen molar-refractivity contribution in [2.24, 2.45) is 5.41 Å². The smallest absolute Gasteiger partial charge is 0.265 e. The highest BCUT2D eigenvalue weighted by atomic mass is 32.1. The Morgan fingerprint density at radius 1 is 1.16 bits per heavy atom. The van der Waals surface area contributed by atoms with E-state index < -0.39 is 0 Å². The Kier molecular flexibility index (Phi) is 7.10. The maximum atomic E-state index is 13.2. The maximum Gasteiger partial charge on any atom is 0.265 e. The largest absolute Gasteiger partial charge is 0.491 e. The molecule has 0 saturated carbocycles. The zero-order valence-corrected chi connectivity index (χ0v) is 19.4. The summed E-state index contributed by atoms with van der Waals surface area (Å²) >= 11 is 1.36. The Morgan fingerprint density at radius 3 is 2.66 bits per heavy atom. The fourth-order valence-corrected chi connectivity index (χ4v) is 5.41. The molecular formula is C24H31N3O4S. The monoisotopic (exact) mass is 457 g/mol. The molecule has 1 fully saturated rings. The lowest BCUT2D eigenvalue weighted by Crippen LogP contribution is -2.44. The van der Waals surface area contributed by atoms with E-state index >= 15 is 0 Å². The van der Waals surface area contributed by atoms with Gasteiger partial charge in [0, 0.05) is 26.2 Å². The van der Waals surface area contributed by atoms with E-state index in [-0.39, 0.29) is 23.8 Å². The molecule has 1 aromatic heterocycles. The molecule has 2 amide bonds. The molecule has 1 aromatic carbocycles. The molecular weight excluding hydrogens is 426 g/mol. The van der Waals surface area contributed by atoms with Gasteiger partial charge in [-0.15, -0.1) is 11.3 Å². The van der Waals surface area contributed by atoms with Crippen LogP contribution in [0.2, 0.25) is 0 Å². The van der Waals surface area contributed by atoms with Crippen molar-refractivity contribution in [1.82, 2.24) is 14.8 Å². The van der Waals surface area contributed by atoms with E-state index in [0.29, 0.717) is 49.0 Å². The molecule has 3 aliphatic rings. The van der Waals surface area contributed by atoms with E-state index in [9.17, 15) is 14.7 Å². The van der Waals surface area contributed by atoms with Gasteiger partial charge in [0.25, 0.3) is 11.8 Å². The van der Waals surface area contributed by atoms with Crippen LogP contribution in [0.3, 0.4) is 0 Å². The molecule has 32 heavy (non-hydrogen) atoms. The van der Waals surface area contributed by atoms with Gasteiger partial charge in [0.15, 0.2) is 0 Å². The molecule has 2 aromatic rings. The van der Waals surface area contributed by atoms with Gasteiger partial charge in [-0.25, -0.2) is 4.98 Å². The summed E-state index contributed by atoms with van der Waals surface area (Å²) in [4.78, 5) is 35.0. The number of piperidine rings is 1. The number of fused-ring (bicyclic) bond motifs is 9. The van der Waals surface area contributed by atoms with E-state index in [1.165, 1.54) is 11.3 Å². The fraction of sp³-hybridized carbons (Fsp3) is 0.542. The minimum Gasteiger partial charge on any atom is -0.491 e. The number of aryl methyl sites for hydroxylation is 1. The number of ether oxygens (including phenoxy) is 1. The van der Waals surface area contributed by atoms with Crippen molar-refractivity contribution in [3.63, 3.8) is 0 Å². The predicted octanol–water partition coefficient (Wildman–Crippen LogP) is 3.37. The number of rotatable bonds is 2. The van der Waals surface area contributed by atoms with Gasteiger partial charge in [-0.3, -0.25) is 9.59 Å². The molecule has 1 saturated heterocycles. The second-order valence-corrected chi connectivity index (χ2v) is 9.67. The van der Waals surface area contributed by atoms with Gasteiger partial charge >= 0.3 is 0 Å². The molecule has 0 radical (unpaired) electrons. The van der Waals surface area contributed by atoms with Crippen molar-refractivity contribution in [3.05, 3.63) is 45.9 Å². The average molecular weight is 458 g/mol.